The molecule has 1 aliphatic rings. The first-order valence-corrected chi connectivity index (χ1v) is 13.4. The molecule has 0 saturated carbocycles. The van der Waals surface area contributed by atoms with Crippen LogP contribution in [0.5, 0.6) is 0 Å². The second-order valence-corrected chi connectivity index (χ2v) is 10.4. The molecule has 2 aromatic carbocycles. The van der Waals surface area contributed by atoms with Crippen molar-refractivity contribution in [2.45, 2.75) is 39.3 Å². The zero-order valence-electron chi connectivity index (χ0n) is 21.8. The predicted molar refractivity (Wildman–Crippen MR) is 150 cm³/mol. The first-order valence-electron chi connectivity index (χ1n) is 13.0. The van der Waals surface area contributed by atoms with Crippen LogP contribution >= 0.6 is 11.6 Å². The highest BCUT2D eigenvalue weighted by Gasteiger charge is 2.22. The molecule has 0 bridgehead atoms. The van der Waals surface area contributed by atoms with Crippen LogP contribution in [-0.4, -0.2) is 45.7 Å². The van der Waals surface area contributed by atoms with Crippen molar-refractivity contribution in [1.29, 1.82) is 0 Å². The minimum atomic E-state index is -0.382. The number of carbonyl (C=O) groups excluding carboxylic acids is 1. The molecule has 4 heterocycles. The topological polar surface area (TPSA) is 97.6 Å². The summed E-state index contributed by atoms with van der Waals surface area (Å²) in [5.41, 5.74) is 3.11. The third-order valence-corrected chi connectivity index (χ3v) is 7.37. The van der Waals surface area contributed by atoms with E-state index in [0.717, 1.165) is 25.9 Å². The van der Waals surface area contributed by atoms with Crippen molar-refractivity contribution >= 4 is 45.3 Å². The van der Waals surface area contributed by atoms with E-state index in [1.807, 2.05) is 12.1 Å². The molecule has 5 aromatic rings. The average molecular weight is 546 g/mol. The Morgan fingerprint density at radius 2 is 1.90 bits per heavy atom. The summed E-state index contributed by atoms with van der Waals surface area (Å²) in [5, 5.41) is 5.53. The van der Waals surface area contributed by atoms with E-state index < -0.39 is 0 Å². The zero-order chi connectivity index (χ0) is 27.1. The van der Waals surface area contributed by atoms with Crippen molar-refractivity contribution in [2.75, 3.05) is 25.0 Å². The van der Waals surface area contributed by atoms with Gasteiger partial charge in [-0.1, -0.05) is 30.2 Å². The number of hydrogen-bond donors (Lipinski definition) is 0. The molecule has 1 aliphatic heterocycles. The van der Waals surface area contributed by atoms with Gasteiger partial charge in [0.05, 0.1) is 11.9 Å². The normalized spacial score (nSPS) is 14.3. The first-order chi connectivity index (χ1) is 18.9. The summed E-state index contributed by atoms with van der Waals surface area (Å²) in [5.74, 6) is 0.938. The molecule has 10 heteroatoms. The molecule has 6 rings (SSSR count). The van der Waals surface area contributed by atoms with Crippen LogP contribution in [0.2, 0.25) is 5.02 Å². The minimum absolute atomic E-state index is 0.251. The van der Waals surface area contributed by atoms with Crippen LogP contribution in [0, 0.1) is 6.92 Å². The van der Waals surface area contributed by atoms with Crippen molar-refractivity contribution < 1.29 is 13.6 Å². The number of halogens is 1. The third-order valence-electron chi connectivity index (χ3n) is 7.14. The number of fused-ring (bicyclic) bond motifs is 2. The Kier molecular flexibility index (Phi) is 6.70. The number of aryl methyl sites for hydroxylation is 1. The number of carbonyl (C=O) groups is 1. The highest BCUT2D eigenvalue weighted by molar-refractivity contribution is 6.30. The standard InChI is InChI=1S/C29H28ClN5O4/c1-18-31-24-10-9-21(14-25(24)38-18)33(2)26(36)17-35-29(37)23-15-22(16-34-11-4-3-5-12-34)39-28(23)27(32-35)19-7-6-8-20(30)13-19/h6-10,13-15H,3-5,11-12,16-17H2,1-2H3. The lowest BCUT2D eigenvalue weighted by atomic mass is 10.1. The maximum Gasteiger partial charge on any atom is 0.278 e. The Balaban J connectivity index is 1.37. The second kappa shape index (κ2) is 10.3. The van der Waals surface area contributed by atoms with E-state index in [0.29, 0.717) is 62.2 Å². The lowest BCUT2D eigenvalue weighted by molar-refractivity contribution is -0.119. The molecule has 0 radical (unpaired) electrons. The molecule has 0 aliphatic carbocycles. The largest absolute Gasteiger partial charge is 0.457 e. The van der Waals surface area contributed by atoms with E-state index in [-0.39, 0.29) is 18.0 Å². The maximum atomic E-state index is 13.6. The quantitative estimate of drug-likeness (QED) is 0.281. The van der Waals surface area contributed by atoms with Gasteiger partial charge >= 0.3 is 0 Å². The fourth-order valence-electron chi connectivity index (χ4n) is 5.09. The number of benzene rings is 2. The number of rotatable bonds is 6. The number of furan rings is 1. The van der Waals surface area contributed by atoms with Gasteiger partial charge in [-0.25, -0.2) is 9.67 Å². The molecule has 1 fully saturated rings. The van der Waals surface area contributed by atoms with Gasteiger partial charge in [-0.2, -0.15) is 5.10 Å². The van der Waals surface area contributed by atoms with E-state index >= 15 is 0 Å². The Bertz CT molecular complexity index is 1750. The van der Waals surface area contributed by atoms with Gasteiger partial charge in [-0.05, 0) is 56.3 Å². The summed E-state index contributed by atoms with van der Waals surface area (Å²) < 4.78 is 13.0. The molecule has 1 amide bonds. The van der Waals surface area contributed by atoms with Gasteiger partial charge in [0.2, 0.25) is 5.91 Å². The Morgan fingerprint density at radius 3 is 2.69 bits per heavy atom. The van der Waals surface area contributed by atoms with Crippen molar-refractivity contribution in [2.24, 2.45) is 0 Å². The van der Waals surface area contributed by atoms with E-state index in [9.17, 15) is 9.59 Å². The smallest absolute Gasteiger partial charge is 0.278 e. The Labute approximate surface area is 229 Å². The van der Waals surface area contributed by atoms with Crippen molar-refractivity contribution in [3.05, 3.63) is 75.6 Å². The van der Waals surface area contributed by atoms with Crippen LogP contribution in [0.15, 0.2) is 62.2 Å². The molecule has 0 spiro atoms. The fraction of sp³-hybridized carbons (Fsp3) is 0.310. The van der Waals surface area contributed by atoms with Crippen LogP contribution in [0.4, 0.5) is 5.69 Å². The zero-order valence-corrected chi connectivity index (χ0v) is 22.6. The summed E-state index contributed by atoms with van der Waals surface area (Å²) in [6.07, 6.45) is 3.54. The number of anilines is 1. The van der Waals surface area contributed by atoms with E-state index in [2.05, 4.69) is 15.0 Å². The molecule has 1 saturated heterocycles. The number of likely N-dealkylation sites (N-methyl/N-ethyl adjacent to an activating group) is 1. The van der Waals surface area contributed by atoms with Gasteiger partial charge in [-0.3, -0.25) is 14.5 Å². The first kappa shape index (κ1) is 25.3. The minimum Gasteiger partial charge on any atom is -0.457 e. The average Bonchev–Trinajstić information content (AvgIpc) is 3.52. The second-order valence-electron chi connectivity index (χ2n) is 9.95. The monoisotopic (exact) mass is 545 g/mol. The van der Waals surface area contributed by atoms with E-state index in [1.165, 1.54) is 16.0 Å². The van der Waals surface area contributed by atoms with Crippen molar-refractivity contribution in [3.63, 3.8) is 0 Å². The van der Waals surface area contributed by atoms with Gasteiger partial charge in [0.1, 0.15) is 23.5 Å². The van der Waals surface area contributed by atoms with Gasteiger partial charge in [-0.15, -0.1) is 0 Å². The molecule has 9 nitrogen and oxygen atoms in total. The van der Waals surface area contributed by atoms with Crippen LogP contribution < -0.4 is 10.5 Å². The Morgan fingerprint density at radius 1 is 1.08 bits per heavy atom. The molecule has 200 valence electrons. The lowest BCUT2D eigenvalue weighted by Crippen LogP contribution is -2.35. The summed E-state index contributed by atoms with van der Waals surface area (Å²) in [6.45, 7) is 4.14. The molecular formula is C29H28ClN5O4. The van der Waals surface area contributed by atoms with Crippen molar-refractivity contribution in [3.8, 4) is 11.3 Å². The summed E-state index contributed by atoms with van der Waals surface area (Å²) in [6, 6.07) is 14.4. The molecule has 0 N–H and O–H groups in total. The predicted octanol–water partition coefficient (Wildman–Crippen LogP) is 5.41. The van der Waals surface area contributed by atoms with Crippen LogP contribution in [0.25, 0.3) is 33.3 Å². The van der Waals surface area contributed by atoms with Gasteiger partial charge in [0.25, 0.3) is 5.56 Å². The lowest BCUT2D eigenvalue weighted by Gasteiger charge is -2.25. The maximum absolute atomic E-state index is 13.6. The van der Waals surface area contributed by atoms with E-state index in [1.54, 1.807) is 50.4 Å². The van der Waals surface area contributed by atoms with E-state index in [4.69, 9.17) is 20.4 Å². The highest BCUT2D eigenvalue weighted by atomic mass is 35.5. The number of piperidine rings is 1. The summed E-state index contributed by atoms with van der Waals surface area (Å²) in [7, 11) is 1.66. The molecule has 0 unspecified atom stereocenters. The molecule has 0 atom stereocenters. The SMILES string of the molecule is Cc1nc2ccc(N(C)C(=O)Cn3nc(-c4cccc(Cl)c4)c4oc(CN5CCCCC5)cc4c3=O)cc2o1. The number of aromatic nitrogens is 3. The number of oxazole rings is 1. The summed E-state index contributed by atoms with van der Waals surface area (Å²) >= 11 is 6.28. The molecule has 3 aromatic heterocycles. The van der Waals surface area contributed by atoms with Gasteiger partial charge < -0.3 is 13.7 Å². The van der Waals surface area contributed by atoms with Crippen LogP contribution in [-0.2, 0) is 17.9 Å². The van der Waals surface area contributed by atoms with Gasteiger partial charge in [0, 0.05) is 36.3 Å². The number of amides is 1. The molecular weight excluding hydrogens is 518 g/mol. The third kappa shape index (κ3) is 5.07. The fourth-order valence-corrected chi connectivity index (χ4v) is 5.28. The Hall–Kier alpha value is -3.95. The van der Waals surface area contributed by atoms with Crippen LogP contribution in [0.3, 0.4) is 0 Å². The number of nitrogens with zero attached hydrogens (tertiary/aromatic N) is 5. The van der Waals surface area contributed by atoms with Crippen LogP contribution in [0.1, 0.15) is 30.9 Å². The number of likely N-dealkylation sites (tertiary alicyclic amines) is 1. The van der Waals surface area contributed by atoms with Crippen molar-refractivity contribution in [1.82, 2.24) is 19.7 Å². The molecule has 39 heavy (non-hydrogen) atoms. The summed E-state index contributed by atoms with van der Waals surface area (Å²) in [4.78, 5) is 35.0. The highest BCUT2D eigenvalue weighted by Crippen LogP contribution is 2.30. The van der Waals surface area contributed by atoms with Gasteiger partial charge in [0.15, 0.2) is 17.1 Å². The number of hydrogen-bond acceptors (Lipinski definition) is 7.